The lowest BCUT2D eigenvalue weighted by Gasteiger charge is -2.11. The van der Waals surface area contributed by atoms with E-state index >= 15 is 0 Å². The Kier molecular flexibility index (Phi) is 7.69. The predicted molar refractivity (Wildman–Crippen MR) is 136 cm³/mol. The van der Waals surface area contributed by atoms with E-state index in [2.05, 4.69) is 10.5 Å². The van der Waals surface area contributed by atoms with Crippen molar-refractivity contribution in [3.05, 3.63) is 106 Å². The van der Waals surface area contributed by atoms with Gasteiger partial charge in [0.05, 0.1) is 23.8 Å². The minimum absolute atomic E-state index is 0.0339. The lowest BCUT2D eigenvalue weighted by Crippen LogP contribution is -2.24. The van der Waals surface area contributed by atoms with Crippen LogP contribution in [0.2, 0.25) is 0 Å². The fourth-order valence-electron chi connectivity index (χ4n) is 3.46. The standard InChI is InChI=1S/C27H21N3O7/c1-35-20-13-10-19(11-14-20)27(32)37-24-15-12-18-6-2-3-7-21(18)22(24)16-28-29-26(31)17-36-25-9-5-4-8-23(25)30(33)34/h2-16H,17H2,1H3,(H,29,31)/b28-16+. The number of ether oxygens (including phenoxy) is 3. The number of benzene rings is 4. The van der Waals surface area contributed by atoms with Gasteiger partial charge in [-0.15, -0.1) is 0 Å². The first kappa shape index (κ1) is 24.9. The lowest BCUT2D eigenvalue weighted by atomic mass is 10.0. The number of nitrogens with one attached hydrogen (secondary N) is 1. The number of hydrogen-bond donors (Lipinski definition) is 1. The van der Waals surface area contributed by atoms with Gasteiger partial charge in [-0.2, -0.15) is 5.10 Å². The highest BCUT2D eigenvalue weighted by Crippen LogP contribution is 2.28. The molecule has 0 saturated carbocycles. The summed E-state index contributed by atoms with van der Waals surface area (Å²) in [7, 11) is 1.53. The summed E-state index contributed by atoms with van der Waals surface area (Å²) in [5.74, 6) is -0.389. The number of rotatable bonds is 9. The number of nitrogens with zero attached hydrogens (tertiary/aromatic N) is 2. The van der Waals surface area contributed by atoms with Crippen LogP contribution >= 0.6 is 0 Å². The van der Waals surface area contributed by atoms with Crippen molar-refractivity contribution >= 4 is 34.6 Å². The molecule has 37 heavy (non-hydrogen) atoms. The van der Waals surface area contributed by atoms with Gasteiger partial charge in [0.25, 0.3) is 5.91 Å². The largest absolute Gasteiger partial charge is 0.497 e. The highest BCUT2D eigenvalue weighted by atomic mass is 16.6. The van der Waals surface area contributed by atoms with E-state index in [-0.39, 0.29) is 17.2 Å². The van der Waals surface area contributed by atoms with Gasteiger partial charge in [-0.05, 0) is 47.2 Å². The number of para-hydroxylation sites is 2. The molecule has 0 spiro atoms. The Morgan fingerprint density at radius 1 is 0.946 bits per heavy atom. The Bertz CT molecular complexity index is 1480. The topological polar surface area (TPSA) is 129 Å². The predicted octanol–water partition coefficient (Wildman–Crippen LogP) is 4.50. The summed E-state index contributed by atoms with van der Waals surface area (Å²) >= 11 is 0. The average Bonchev–Trinajstić information content (AvgIpc) is 2.93. The van der Waals surface area contributed by atoms with Crippen molar-refractivity contribution in [3.63, 3.8) is 0 Å². The fourth-order valence-corrected chi connectivity index (χ4v) is 3.46. The van der Waals surface area contributed by atoms with Gasteiger partial charge in [-0.25, -0.2) is 10.2 Å². The van der Waals surface area contributed by atoms with Crippen molar-refractivity contribution in [2.45, 2.75) is 0 Å². The maximum absolute atomic E-state index is 12.7. The Hall–Kier alpha value is -5.25. The Labute approximate surface area is 211 Å². The summed E-state index contributed by atoms with van der Waals surface area (Å²) in [5.41, 5.74) is 2.87. The molecule has 4 rings (SSSR count). The molecule has 0 saturated heterocycles. The van der Waals surface area contributed by atoms with Gasteiger partial charge in [-0.1, -0.05) is 42.5 Å². The molecule has 0 radical (unpaired) electrons. The molecule has 0 aliphatic heterocycles. The van der Waals surface area contributed by atoms with Crippen LogP contribution in [0.15, 0.2) is 90.0 Å². The van der Waals surface area contributed by atoms with Gasteiger partial charge >= 0.3 is 11.7 Å². The molecule has 10 heteroatoms. The van der Waals surface area contributed by atoms with Gasteiger partial charge in [0.15, 0.2) is 12.4 Å². The van der Waals surface area contributed by atoms with E-state index in [0.717, 1.165) is 10.8 Å². The molecular formula is C27H21N3O7. The summed E-state index contributed by atoms with van der Waals surface area (Å²) in [4.78, 5) is 35.5. The number of carbonyl (C=O) groups is 2. The van der Waals surface area contributed by atoms with E-state index in [1.54, 1.807) is 36.4 Å². The number of hydrazone groups is 1. The smallest absolute Gasteiger partial charge is 0.343 e. The van der Waals surface area contributed by atoms with E-state index in [1.165, 1.54) is 31.5 Å². The summed E-state index contributed by atoms with van der Waals surface area (Å²) in [5, 5.41) is 16.7. The molecule has 0 atom stereocenters. The molecule has 0 aliphatic rings. The number of hydrogen-bond acceptors (Lipinski definition) is 8. The Morgan fingerprint density at radius 3 is 2.43 bits per heavy atom. The van der Waals surface area contributed by atoms with E-state index < -0.39 is 23.4 Å². The van der Waals surface area contributed by atoms with E-state index in [9.17, 15) is 19.7 Å². The summed E-state index contributed by atoms with van der Waals surface area (Å²) in [6.45, 7) is -0.489. The van der Waals surface area contributed by atoms with Gasteiger partial charge in [0.2, 0.25) is 0 Å². The molecule has 0 bridgehead atoms. The van der Waals surface area contributed by atoms with Crippen molar-refractivity contribution in [2.75, 3.05) is 13.7 Å². The third-order valence-electron chi connectivity index (χ3n) is 5.26. The number of fused-ring (bicyclic) bond motifs is 1. The lowest BCUT2D eigenvalue weighted by molar-refractivity contribution is -0.385. The zero-order valence-electron chi connectivity index (χ0n) is 19.6. The first-order chi connectivity index (χ1) is 18.0. The Morgan fingerprint density at radius 2 is 1.68 bits per heavy atom. The monoisotopic (exact) mass is 499 g/mol. The van der Waals surface area contributed by atoms with Crippen LogP contribution in [0, 0.1) is 10.1 Å². The number of amides is 1. The van der Waals surface area contributed by atoms with Gasteiger partial charge in [0.1, 0.15) is 11.5 Å². The molecule has 0 heterocycles. The summed E-state index contributed by atoms with van der Waals surface area (Å²) in [6, 6.07) is 23.1. The van der Waals surface area contributed by atoms with Gasteiger partial charge in [-0.3, -0.25) is 14.9 Å². The van der Waals surface area contributed by atoms with E-state index in [4.69, 9.17) is 14.2 Å². The molecule has 10 nitrogen and oxygen atoms in total. The first-order valence-electron chi connectivity index (χ1n) is 11.0. The van der Waals surface area contributed by atoms with Gasteiger partial charge in [0, 0.05) is 11.6 Å². The number of esters is 1. The van der Waals surface area contributed by atoms with Crippen LogP contribution < -0.4 is 19.6 Å². The van der Waals surface area contributed by atoms with Crippen molar-refractivity contribution in [3.8, 4) is 17.2 Å². The van der Waals surface area contributed by atoms with E-state index in [0.29, 0.717) is 16.9 Å². The second-order valence-electron chi connectivity index (χ2n) is 7.62. The summed E-state index contributed by atoms with van der Waals surface area (Å²) in [6.07, 6.45) is 1.36. The molecule has 0 aliphatic carbocycles. The molecule has 0 unspecified atom stereocenters. The number of nitro benzene ring substituents is 1. The zero-order chi connectivity index (χ0) is 26.2. The number of methoxy groups -OCH3 is 1. The van der Waals surface area contributed by atoms with Crippen LogP contribution in [0.5, 0.6) is 17.2 Å². The number of carbonyl (C=O) groups excluding carboxylic acids is 2. The molecule has 186 valence electrons. The van der Waals surface area contributed by atoms with Crippen LogP contribution in [0.1, 0.15) is 15.9 Å². The molecule has 0 aromatic heterocycles. The minimum Gasteiger partial charge on any atom is -0.497 e. The SMILES string of the molecule is COc1ccc(C(=O)Oc2ccc3ccccc3c2/C=N/NC(=O)COc2ccccc2[N+](=O)[O-])cc1. The molecule has 4 aromatic rings. The highest BCUT2D eigenvalue weighted by Gasteiger charge is 2.16. The first-order valence-corrected chi connectivity index (χ1v) is 11.0. The summed E-state index contributed by atoms with van der Waals surface area (Å²) < 4.78 is 16.0. The highest BCUT2D eigenvalue weighted by molar-refractivity contribution is 6.04. The Balaban J connectivity index is 1.50. The van der Waals surface area contributed by atoms with E-state index in [1.807, 2.05) is 30.3 Å². The van der Waals surface area contributed by atoms with Crippen molar-refractivity contribution in [2.24, 2.45) is 5.10 Å². The quantitative estimate of drug-likeness (QED) is 0.118. The van der Waals surface area contributed by atoms with Crippen molar-refractivity contribution in [1.29, 1.82) is 0 Å². The molecule has 4 aromatic carbocycles. The molecular weight excluding hydrogens is 478 g/mol. The second kappa shape index (κ2) is 11.5. The van der Waals surface area contributed by atoms with Crippen LogP contribution in [0.3, 0.4) is 0 Å². The van der Waals surface area contributed by atoms with Crippen LogP contribution in [0.4, 0.5) is 5.69 Å². The normalized spacial score (nSPS) is 10.7. The zero-order valence-corrected chi connectivity index (χ0v) is 19.6. The second-order valence-corrected chi connectivity index (χ2v) is 7.62. The molecule has 0 fully saturated rings. The maximum atomic E-state index is 12.7. The van der Waals surface area contributed by atoms with Gasteiger partial charge < -0.3 is 14.2 Å². The molecule has 1 amide bonds. The van der Waals surface area contributed by atoms with Crippen LogP contribution in [-0.4, -0.2) is 36.7 Å². The minimum atomic E-state index is -0.633. The fraction of sp³-hybridized carbons (Fsp3) is 0.0741. The molecule has 1 N–H and O–H groups in total. The van der Waals surface area contributed by atoms with Crippen molar-refractivity contribution in [1.82, 2.24) is 5.43 Å². The number of nitro groups is 1. The maximum Gasteiger partial charge on any atom is 0.343 e. The average molecular weight is 499 g/mol. The third kappa shape index (κ3) is 6.06. The van der Waals surface area contributed by atoms with Crippen LogP contribution in [0.25, 0.3) is 10.8 Å². The van der Waals surface area contributed by atoms with Crippen LogP contribution in [-0.2, 0) is 4.79 Å². The third-order valence-corrected chi connectivity index (χ3v) is 5.26. The van der Waals surface area contributed by atoms with Crippen molar-refractivity contribution < 1.29 is 28.7 Å².